The Balaban J connectivity index is 3.87. The second-order valence-electron chi connectivity index (χ2n) is 9.63. The van der Waals surface area contributed by atoms with E-state index in [1.165, 1.54) is 57.8 Å². The van der Waals surface area contributed by atoms with Crippen molar-refractivity contribution in [2.24, 2.45) is 16.7 Å². The van der Waals surface area contributed by atoms with Gasteiger partial charge in [0, 0.05) is 0 Å². The van der Waals surface area contributed by atoms with Crippen molar-refractivity contribution in [2.45, 2.75) is 119 Å². The molecule has 0 rings (SSSR count). The first-order valence-electron chi connectivity index (χ1n) is 10.8. The van der Waals surface area contributed by atoms with Gasteiger partial charge in [-0.1, -0.05) is 99.3 Å². The van der Waals surface area contributed by atoms with Crippen LogP contribution in [0.25, 0.3) is 0 Å². The van der Waals surface area contributed by atoms with Gasteiger partial charge in [-0.2, -0.15) is 0 Å². The number of carbonyl (C=O) groups excluding carboxylic acids is 1. The number of rotatable bonds is 14. The monoisotopic (exact) mass is 354 g/mol. The van der Waals surface area contributed by atoms with Crippen LogP contribution in [-0.2, 0) is 9.53 Å². The van der Waals surface area contributed by atoms with Crippen LogP contribution < -0.4 is 0 Å². The number of esters is 1. The average molecular weight is 355 g/mol. The summed E-state index contributed by atoms with van der Waals surface area (Å²) in [5, 5.41) is 0. The Labute approximate surface area is 158 Å². The Bertz CT molecular complexity index is 340. The average Bonchev–Trinajstić information content (AvgIpc) is 2.50. The third-order valence-corrected chi connectivity index (χ3v) is 5.37. The number of hydrogen-bond acceptors (Lipinski definition) is 2. The molecule has 0 heterocycles. The van der Waals surface area contributed by atoms with Crippen LogP contribution >= 0.6 is 0 Å². The Hall–Kier alpha value is -0.530. The molecule has 1 atom stereocenters. The van der Waals surface area contributed by atoms with E-state index in [4.69, 9.17) is 4.74 Å². The second-order valence-corrected chi connectivity index (χ2v) is 9.63. The fourth-order valence-electron chi connectivity index (χ4n) is 3.53. The molecule has 0 spiro atoms. The molecule has 0 N–H and O–H groups in total. The predicted molar refractivity (Wildman–Crippen MR) is 110 cm³/mol. The minimum atomic E-state index is -0.378. The molecule has 0 aliphatic heterocycles. The zero-order valence-electron chi connectivity index (χ0n) is 18.4. The zero-order valence-corrected chi connectivity index (χ0v) is 18.4. The van der Waals surface area contributed by atoms with Crippen LogP contribution in [0.5, 0.6) is 0 Å². The molecule has 0 saturated carbocycles. The highest BCUT2D eigenvalue weighted by atomic mass is 16.5. The summed E-state index contributed by atoms with van der Waals surface area (Å²) in [5.74, 6) is 0.292. The first-order valence-corrected chi connectivity index (χ1v) is 10.8. The Morgan fingerprint density at radius 3 is 1.64 bits per heavy atom. The molecule has 0 saturated heterocycles. The van der Waals surface area contributed by atoms with Crippen LogP contribution in [0.4, 0.5) is 0 Å². The molecule has 25 heavy (non-hydrogen) atoms. The van der Waals surface area contributed by atoms with Gasteiger partial charge in [0.05, 0.1) is 12.0 Å². The van der Waals surface area contributed by atoms with Crippen LogP contribution in [0.15, 0.2) is 0 Å². The first-order chi connectivity index (χ1) is 11.6. The summed E-state index contributed by atoms with van der Waals surface area (Å²) >= 11 is 0. The summed E-state index contributed by atoms with van der Waals surface area (Å²) in [6, 6.07) is 0. The third kappa shape index (κ3) is 11.7. The highest BCUT2D eigenvalue weighted by Gasteiger charge is 2.41. The van der Waals surface area contributed by atoms with Gasteiger partial charge in [-0.05, 0) is 31.1 Å². The zero-order chi connectivity index (χ0) is 19.3. The van der Waals surface area contributed by atoms with Crippen molar-refractivity contribution in [1.29, 1.82) is 0 Å². The molecule has 0 amide bonds. The van der Waals surface area contributed by atoms with Crippen molar-refractivity contribution in [2.75, 3.05) is 6.61 Å². The van der Waals surface area contributed by atoms with E-state index in [0.717, 1.165) is 12.8 Å². The van der Waals surface area contributed by atoms with Crippen LogP contribution in [-0.4, -0.2) is 12.6 Å². The molecule has 0 bridgehead atoms. The number of unbranched alkanes of at least 4 members (excludes halogenated alkanes) is 9. The maximum Gasteiger partial charge on any atom is 0.312 e. The van der Waals surface area contributed by atoms with Gasteiger partial charge in [0.15, 0.2) is 0 Å². The number of ether oxygens (including phenoxy) is 1. The summed E-state index contributed by atoms with van der Waals surface area (Å²) in [7, 11) is 0. The Morgan fingerprint density at radius 1 is 0.800 bits per heavy atom. The van der Waals surface area contributed by atoms with E-state index in [1.54, 1.807) is 0 Å². The highest BCUT2D eigenvalue weighted by Crippen LogP contribution is 2.40. The molecule has 2 heteroatoms. The van der Waals surface area contributed by atoms with Crippen LogP contribution in [0.3, 0.4) is 0 Å². The summed E-state index contributed by atoms with van der Waals surface area (Å²) in [5.41, 5.74) is -0.244. The molecule has 0 aliphatic carbocycles. The Kier molecular flexibility index (Phi) is 12.5. The molecule has 1 unspecified atom stereocenters. The van der Waals surface area contributed by atoms with Crippen molar-refractivity contribution in [1.82, 2.24) is 0 Å². The maximum atomic E-state index is 12.6. The van der Waals surface area contributed by atoms with Crippen LogP contribution in [0.2, 0.25) is 0 Å². The van der Waals surface area contributed by atoms with Gasteiger partial charge in [-0.15, -0.1) is 0 Å². The van der Waals surface area contributed by atoms with E-state index in [2.05, 4.69) is 48.5 Å². The molecule has 0 radical (unpaired) electrons. The topological polar surface area (TPSA) is 26.3 Å². The van der Waals surface area contributed by atoms with Gasteiger partial charge >= 0.3 is 5.97 Å². The minimum absolute atomic E-state index is 0.00616. The number of carbonyl (C=O) groups is 1. The van der Waals surface area contributed by atoms with E-state index in [1.807, 2.05) is 0 Å². The lowest BCUT2D eigenvalue weighted by Gasteiger charge is -2.36. The molecule has 2 nitrogen and oxygen atoms in total. The summed E-state index contributed by atoms with van der Waals surface area (Å²) in [4.78, 5) is 12.6. The van der Waals surface area contributed by atoms with Crippen molar-refractivity contribution in [3.63, 3.8) is 0 Å². The lowest BCUT2D eigenvalue weighted by Crippen LogP contribution is -2.38. The van der Waals surface area contributed by atoms with Gasteiger partial charge in [-0.3, -0.25) is 4.79 Å². The predicted octanol–water partition coefficient (Wildman–Crippen LogP) is 7.55. The fourth-order valence-corrected chi connectivity index (χ4v) is 3.53. The summed E-state index contributed by atoms with van der Waals surface area (Å²) in [6.07, 6.45) is 13.9. The van der Waals surface area contributed by atoms with Gasteiger partial charge in [-0.25, -0.2) is 0 Å². The normalized spacial score (nSPS) is 14.6. The Morgan fingerprint density at radius 2 is 1.24 bits per heavy atom. The van der Waals surface area contributed by atoms with Crippen LogP contribution in [0.1, 0.15) is 119 Å². The van der Waals surface area contributed by atoms with Gasteiger partial charge < -0.3 is 4.74 Å². The molecule has 0 aromatic carbocycles. The smallest absolute Gasteiger partial charge is 0.312 e. The van der Waals surface area contributed by atoms with Crippen LogP contribution in [0, 0.1) is 16.7 Å². The minimum Gasteiger partial charge on any atom is -0.465 e. The van der Waals surface area contributed by atoms with E-state index in [0.29, 0.717) is 12.5 Å². The standard InChI is InChI=1S/C23H46O2/c1-8-9-10-11-12-13-14-15-16-17-18-25-21(24)23(7,20(2)3)19-22(4,5)6/h20H,8-19H2,1-7H3. The lowest BCUT2D eigenvalue weighted by atomic mass is 9.69. The van der Waals surface area contributed by atoms with Crippen molar-refractivity contribution in [3.8, 4) is 0 Å². The molecular formula is C23H46O2. The molecule has 0 aromatic heterocycles. The first kappa shape index (κ1) is 24.5. The lowest BCUT2D eigenvalue weighted by molar-refractivity contribution is -0.160. The quantitative estimate of drug-likeness (QED) is 0.238. The number of hydrogen-bond donors (Lipinski definition) is 0. The fraction of sp³-hybridized carbons (Fsp3) is 0.957. The van der Waals surface area contributed by atoms with E-state index in [9.17, 15) is 4.79 Å². The highest BCUT2D eigenvalue weighted by molar-refractivity contribution is 5.76. The second kappa shape index (κ2) is 12.8. The van der Waals surface area contributed by atoms with Crippen molar-refractivity contribution in [3.05, 3.63) is 0 Å². The van der Waals surface area contributed by atoms with Crippen molar-refractivity contribution < 1.29 is 9.53 Å². The largest absolute Gasteiger partial charge is 0.465 e. The molecular weight excluding hydrogens is 308 g/mol. The van der Waals surface area contributed by atoms with E-state index >= 15 is 0 Å². The van der Waals surface area contributed by atoms with Gasteiger partial charge in [0.2, 0.25) is 0 Å². The SMILES string of the molecule is CCCCCCCCCCCCOC(=O)C(C)(CC(C)(C)C)C(C)C. The summed E-state index contributed by atoms with van der Waals surface area (Å²) < 4.78 is 5.65. The molecule has 150 valence electrons. The van der Waals surface area contributed by atoms with Gasteiger partial charge in [0.1, 0.15) is 0 Å². The van der Waals surface area contributed by atoms with E-state index in [-0.39, 0.29) is 16.8 Å². The third-order valence-electron chi connectivity index (χ3n) is 5.37. The molecule has 0 fully saturated rings. The van der Waals surface area contributed by atoms with Crippen molar-refractivity contribution >= 4 is 5.97 Å². The van der Waals surface area contributed by atoms with E-state index < -0.39 is 0 Å². The molecule has 0 aromatic rings. The summed E-state index contributed by atoms with van der Waals surface area (Å²) in [6.45, 7) is 15.8. The molecule has 0 aliphatic rings. The van der Waals surface area contributed by atoms with Gasteiger partial charge in [0.25, 0.3) is 0 Å². The maximum absolute atomic E-state index is 12.6.